The molecule has 0 N–H and O–H groups in total. The number of allylic oxidation sites excluding steroid dienone is 2. The van der Waals surface area contributed by atoms with E-state index in [4.69, 9.17) is 4.74 Å². The van der Waals surface area contributed by atoms with E-state index in [2.05, 4.69) is 18.2 Å². The zero-order valence-electron chi connectivity index (χ0n) is 10.6. The Morgan fingerprint density at radius 2 is 1.89 bits per heavy atom. The van der Waals surface area contributed by atoms with E-state index >= 15 is 0 Å². The van der Waals surface area contributed by atoms with Gasteiger partial charge in [0.05, 0.1) is 0 Å². The van der Waals surface area contributed by atoms with Crippen LogP contribution in [0.4, 0.5) is 0 Å². The van der Waals surface area contributed by atoms with Crippen LogP contribution in [0.2, 0.25) is 0 Å². The van der Waals surface area contributed by atoms with E-state index in [1.54, 1.807) is 0 Å². The summed E-state index contributed by atoms with van der Waals surface area (Å²) in [5, 5.41) is 2.40. The largest absolute Gasteiger partial charge is 0.461 e. The van der Waals surface area contributed by atoms with Crippen LogP contribution in [0.5, 0.6) is 5.75 Å². The Bertz CT molecular complexity index is 725. The van der Waals surface area contributed by atoms with E-state index in [9.17, 15) is 4.79 Å². The van der Waals surface area contributed by atoms with E-state index in [1.807, 2.05) is 18.2 Å². The maximum atomic E-state index is 12.0. The van der Waals surface area contributed by atoms with E-state index in [0.717, 1.165) is 41.9 Å². The van der Waals surface area contributed by atoms with Gasteiger partial charge >= 0.3 is 0 Å². The first-order valence-electron chi connectivity index (χ1n) is 6.76. The number of carbonyl (C=O) groups excluding carboxylic acids is 1. The van der Waals surface area contributed by atoms with Crippen molar-refractivity contribution in [3.8, 4) is 5.75 Å². The first-order valence-corrected chi connectivity index (χ1v) is 6.76. The van der Waals surface area contributed by atoms with Gasteiger partial charge in [0.25, 0.3) is 0 Å². The third-order valence-corrected chi connectivity index (χ3v) is 4.07. The fraction of sp³-hybridized carbons (Fsp3) is 0.235. The molecular weight excluding hydrogens is 236 g/mol. The highest BCUT2D eigenvalue weighted by Gasteiger charge is 2.28. The Hall–Kier alpha value is -2.09. The quantitative estimate of drug-likeness (QED) is 0.711. The molecule has 2 aromatic carbocycles. The third-order valence-electron chi connectivity index (χ3n) is 4.07. The highest BCUT2D eigenvalue weighted by molar-refractivity contribution is 5.99. The van der Waals surface area contributed by atoms with Crippen molar-refractivity contribution < 1.29 is 9.53 Å². The monoisotopic (exact) mass is 250 g/mol. The van der Waals surface area contributed by atoms with E-state index < -0.39 is 0 Å². The Balaban J connectivity index is 1.91. The molecule has 0 spiro atoms. The van der Waals surface area contributed by atoms with Crippen LogP contribution >= 0.6 is 0 Å². The van der Waals surface area contributed by atoms with Crippen LogP contribution in [0.15, 0.2) is 47.7 Å². The molecule has 0 fully saturated rings. The van der Waals surface area contributed by atoms with Crippen LogP contribution in [0.1, 0.15) is 24.8 Å². The maximum absolute atomic E-state index is 12.0. The molecule has 0 saturated carbocycles. The molecule has 94 valence electrons. The normalized spacial score (nSPS) is 18.0. The molecule has 0 radical (unpaired) electrons. The van der Waals surface area contributed by atoms with Crippen LogP contribution in [0.25, 0.3) is 10.8 Å². The van der Waals surface area contributed by atoms with Gasteiger partial charge < -0.3 is 4.74 Å². The number of Topliss-reactive ketones (excluding diaryl/α,β-unsaturated/α-hetero) is 1. The summed E-state index contributed by atoms with van der Waals surface area (Å²) in [6, 6.07) is 12.4. The minimum atomic E-state index is 0.264. The summed E-state index contributed by atoms with van der Waals surface area (Å²) in [6.07, 6.45) is 3.21. The van der Waals surface area contributed by atoms with Crippen molar-refractivity contribution >= 4 is 16.6 Å². The summed E-state index contributed by atoms with van der Waals surface area (Å²) in [7, 11) is 0. The number of benzene rings is 2. The predicted molar refractivity (Wildman–Crippen MR) is 74.2 cm³/mol. The topological polar surface area (TPSA) is 26.3 Å². The van der Waals surface area contributed by atoms with E-state index in [1.165, 1.54) is 10.8 Å². The van der Waals surface area contributed by atoms with Crippen molar-refractivity contribution in [1.82, 2.24) is 0 Å². The van der Waals surface area contributed by atoms with Gasteiger partial charge in [-0.15, -0.1) is 0 Å². The molecule has 1 aliphatic heterocycles. The third kappa shape index (κ3) is 1.60. The minimum Gasteiger partial charge on any atom is -0.461 e. The van der Waals surface area contributed by atoms with Gasteiger partial charge in [0, 0.05) is 30.4 Å². The molecule has 1 heterocycles. The molecule has 0 atom stereocenters. The predicted octanol–water partition coefficient (Wildman–Crippen LogP) is 3.78. The molecule has 0 amide bonds. The summed E-state index contributed by atoms with van der Waals surface area (Å²) in [5.41, 5.74) is 2.06. The smallest absolute Gasteiger partial charge is 0.162 e. The number of carbonyl (C=O) groups is 1. The number of hydrogen-bond acceptors (Lipinski definition) is 2. The molecule has 1 aliphatic carbocycles. The fourth-order valence-corrected chi connectivity index (χ4v) is 3.08. The van der Waals surface area contributed by atoms with E-state index in [-0.39, 0.29) is 5.78 Å². The summed E-state index contributed by atoms with van der Waals surface area (Å²) in [5.74, 6) is 2.09. The van der Waals surface area contributed by atoms with Crippen molar-refractivity contribution in [3.63, 3.8) is 0 Å². The van der Waals surface area contributed by atoms with Crippen molar-refractivity contribution in [2.24, 2.45) is 0 Å². The molecule has 2 aliphatic rings. The molecule has 2 nitrogen and oxygen atoms in total. The van der Waals surface area contributed by atoms with Crippen molar-refractivity contribution in [1.29, 1.82) is 0 Å². The summed E-state index contributed by atoms with van der Waals surface area (Å²) < 4.78 is 5.97. The SMILES string of the molecule is O=C1CCCC2=C1Cc1c(ccc3ccccc13)O2. The second-order valence-electron chi connectivity index (χ2n) is 5.22. The lowest BCUT2D eigenvalue weighted by Gasteiger charge is -2.26. The van der Waals surface area contributed by atoms with Crippen molar-refractivity contribution in [2.45, 2.75) is 25.7 Å². The van der Waals surface area contributed by atoms with Crippen molar-refractivity contribution in [2.75, 3.05) is 0 Å². The zero-order valence-corrected chi connectivity index (χ0v) is 10.6. The lowest BCUT2D eigenvalue weighted by atomic mass is 9.87. The molecule has 0 saturated heterocycles. The standard InChI is InChI=1S/C17H14O2/c18-15-6-3-7-16-14(15)10-13-12-5-2-1-4-11(12)8-9-17(13)19-16/h1-2,4-5,8-9H,3,6-7,10H2. The highest BCUT2D eigenvalue weighted by atomic mass is 16.5. The summed E-state index contributed by atoms with van der Waals surface area (Å²) in [4.78, 5) is 12.0. The van der Waals surface area contributed by atoms with Crippen LogP contribution in [0.3, 0.4) is 0 Å². The van der Waals surface area contributed by atoms with Crippen LogP contribution in [0, 0.1) is 0 Å². The Kier molecular flexibility index (Phi) is 2.25. The average Bonchev–Trinajstić information content (AvgIpc) is 2.46. The van der Waals surface area contributed by atoms with Crippen LogP contribution in [-0.4, -0.2) is 5.78 Å². The average molecular weight is 250 g/mol. The van der Waals surface area contributed by atoms with Gasteiger partial charge in [0.15, 0.2) is 5.78 Å². The Labute approximate surface area is 111 Å². The lowest BCUT2D eigenvalue weighted by Crippen LogP contribution is -2.20. The Morgan fingerprint density at radius 3 is 2.84 bits per heavy atom. The number of ether oxygens (including phenoxy) is 1. The molecular formula is C17H14O2. The fourth-order valence-electron chi connectivity index (χ4n) is 3.08. The second-order valence-corrected chi connectivity index (χ2v) is 5.22. The lowest BCUT2D eigenvalue weighted by molar-refractivity contribution is -0.116. The van der Waals surface area contributed by atoms with Gasteiger partial charge in [0.2, 0.25) is 0 Å². The second kappa shape index (κ2) is 3.95. The van der Waals surface area contributed by atoms with E-state index in [0.29, 0.717) is 6.42 Å². The van der Waals surface area contributed by atoms with Gasteiger partial charge in [-0.1, -0.05) is 30.3 Å². The maximum Gasteiger partial charge on any atom is 0.162 e. The number of ketones is 1. The first kappa shape index (κ1) is 10.8. The van der Waals surface area contributed by atoms with Crippen molar-refractivity contribution in [3.05, 3.63) is 53.3 Å². The van der Waals surface area contributed by atoms with Gasteiger partial charge in [-0.3, -0.25) is 4.79 Å². The van der Waals surface area contributed by atoms with Crippen LogP contribution < -0.4 is 4.74 Å². The molecule has 19 heavy (non-hydrogen) atoms. The van der Waals surface area contributed by atoms with Crippen LogP contribution in [-0.2, 0) is 11.2 Å². The molecule has 0 aromatic heterocycles. The van der Waals surface area contributed by atoms with Gasteiger partial charge in [-0.2, -0.15) is 0 Å². The molecule has 2 aromatic rings. The highest BCUT2D eigenvalue weighted by Crippen LogP contribution is 2.39. The minimum absolute atomic E-state index is 0.264. The molecule has 0 bridgehead atoms. The summed E-state index contributed by atoms with van der Waals surface area (Å²) in [6.45, 7) is 0. The Morgan fingerprint density at radius 1 is 1.00 bits per heavy atom. The summed E-state index contributed by atoms with van der Waals surface area (Å²) >= 11 is 0. The van der Waals surface area contributed by atoms with Gasteiger partial charge in [-0.25, -0.2) is 0 Å². The van der Waals surface area contributed by atoms with Gasteiger partial charge in [-0.05, 0) is 23.3 Å². The molecule has 4 rings (SSSR count). The number of hydrogen-bond donors (Lipinski definition) is 0. The molecule has 2 heteroatoms. The first-order chi connectivity index (χ1) is 9.33. The van der Waals surface area contributed by atoms with Gasteiger partial charge in [0.1, 0.15) is 11.5 Å². The zero-order chi connectivity index (χ0) is 12.8. The number of rotatable bonds is 0. The number of fused-ring (bicyclic) bond motifs is 3. The molecule has 0 unspecified atom stereocenters.